The summed E-state index contributed by atoms with van der Waals surface area (Å²) < 4.78 is 0. The van der Waals surface area contributed by atoms with Gasteiger partial charge >= 0.3 is 0 Å². The minimum atomic E-state index is -0.295. The highest BCUT2D eigenvalue weighted by atomic mass is 16.2. The quantitative estimate of drug-likeness (QED) is 0.784. The predicted molar refractivity (Wildman–Crippen MR) is 75.1 cm³/mol. The Hall–Kier alpha value is -1.39. The molecule has 0 aliphatic carbocycles. The number of nitrogens with zero attached hydrogens (tertiary/aromatic N) is 2. The van der Waals surface area contributed by atoms with Gasteiger partial charge in [0.1, 0.15) is 11.8 Å². The van der Waals surface area contributed by atoms with Crippen molar-refractivity contribution in [1.29, 1.82) is 0 Å². The summed E-state index contributed by atoms with van der Waals surface area (Å²) in [6.45, 7) is 3.71. The number of hydrogen-bond donors (Lipinski definition) is 0. The minimum Gasteiger partial charge on any atom is -0.340 e. The summed E-state index contributed by atoms with van der Waals surface area (Å²) in [5.41, 5.74) is 0. The van der Waals surface area contributed by atoms with Crippen molar-refractivity contribution >= 4 is 17.6 Å². The molecule has 1 unspecified atom stereocenters. The highest BCUT2D eigenvalue weighted by Gasteiger charge is 2.35. The third-order valence-electron chi connectivity index (χ3n) is 4.20. The third-order valence-corrected chi connectivity index (χ3v) is 4.20. The van der Waals surface area contributed by atoms with Gasteiger partial charge in [-0.3, -0.25) is 14.4 Å². The Kier molecular flexibility index (Phi) is 5.15. The molecule has 0 N–H and O–H groups in total. The molecule has 2 fully saturated rings. The molecule has 5 heteroatoms. The van der Waals surface area contributed by atoms with Gasteiger partial charge in [-0.05, 0) is 25.7 Å². The van der Waals surface area contributed by atoms with Crippen molar-refractivity contribution in [3.8, 4) is 0 Å². The third kappa shape index (κ3) is 3.38. The second-order valence-corrected chi connectivity index (χ2v) is 5.71. The van der Waals surface area contributed by atoms with E-state index in [1.54, 1.807) is 9.80 Å². The lowest BCUT2D eigenvalue weighted by Gasteiger charge is -2.38. The molecule has 2 amide bonds. The molecule has 20 heavy (non-hydrogen) atoms. The Morgan fingerprint density at radius 3 is 2.50 bits per heavy atom. The fourth-order valence-corrected chi connectivity index (χ4v) is 3.03. The summed E-state index contributed by atoms with van der Waals surface area (Å²) >= 11 is 0. The van der Waals surface area contributed by atoms with Crippen LogP contribution in [0.5, 0.6) is 0 Å². The highest BCUT2D eigenvalue weighted by Crippen LogP contribution is 2.21. The normalized spacial score (nSPS) is 23.9. The van der Waals surface area contributed by atoms with Crippen LogP contribution >= 0.6 is 0 Å². The van der Waals surface area contributed by atoms with Gasteiger partial charge in [0, 0.05) is 38.9 Å². The lowest BCUT2D eigenvalue weighted by Crippen LogP contribution is -2.54. The second-order valence-electron chi connectivity index (χ2n) is 5.71. The van der Waals surface area contributed by atoms with Gasteiger partial charge in [0.2, 0.25) is 11.8 Å². The molecule has 0 aromatic heterocycles. The van der Waals surface area contributed by atoms with E-state index in [9.17, 15) is 14.4 Å². The molecule has 0 aromatic carbocycles. The highest BCUT2D eigenvalue weighted by molar-refractivity contribution is 5.89. The van der Waals surface area contributed by atoms with Crippen LogP contribution in [0.1, 0.15) is 51.9 Å². The van der Waals surface area contributed by atoms with E-state index in [1.807, 2.05) is 6.92 Å². The number of Topliss-reactive ketones (excluding diaryl/α,β-unsaturated/α-hetero) is 1. The van der Waals surface area contributed by atoms with Crippen molar-refractivity contribution < 1.29 is 14.4 Å². The van der Waals surface area contributed by atoms with Gasteiger partial charge in [-0.2, -0.15) is 0 Å². The van der Waals surface area contributed by atoms with Crippen molar-refractivity contribution in [2.75, 3.05) is 19.6 Å². The number of piperidine rings is 2. The van der Waals surface area contributed by atoms with E-state index in [0.29, 0.717) is 38.9 Å². The van der Waals surface area contributed by atoms with E-state index in [4.69, 9.17) is 0 Å². The maximum absolute atomic E-state index is 12.6. The van der Waals surface area contributed by atoms with Gasteiger partial charge in [-0.1, -0.05) is 6.92 Å². The molecule has 0 spiro atoms. The Morgan fingerprint density at radius 2 is 1.85 bits per heavy atom. The molecule has 0 aromatic rings. The van der Waals surface area contributed by atoms with E-state index in [2.05, 4.69) is 0 Å². The number of hydrogen-bond acceptors (Lipinski definition) is 3. The van der Waals surface area contributed by atoms with Crippen molar-refractivity contribution in [3.63, 3.8) is 0 Å². The molecule has 112 valence electrons. The number of rotatable bonds is 3. The molecule has 2 heterocycles. The second kappa shape index (κ2) is 6.86. The summed E-state index contributed by atoms with van der Waals surface area (Å²) in [6.07, 6.45) is 5.00. The molecular weight excluding hydrogens is 256 g/mol. The molecule has 0 saturated carbocycles. The molecule has 2 aliphatic rings. The van der Waals surface area contributed by atoms with Gasteiger partial charge in [-0.15, -0.1) is 0 Å². The molecule has 2 saturated heterocycles. The van der Waals surface area contributed by atoms with Crippen molar-refractivity contribution in [1.82, 2.24) is 9.80 Å². The predicted octanol–water partition coefficient (Wildman–Crippen LogP) is 1.36. The Balaban J connectivity index is 2.01. The SMILES string of the molecule is CCCC(=O)N1CCCCC1C(=O)N1CCC(=O)CC1. The number of carbonyl (C=O) groups excluding carboxylic acids is 3. The summed E-state index contributed by atoms with van der Waals surface area (Å²) in [5, 5.41) is 0. The molecule has 2 aliphatic heterocycles. The molecular formula is C15H24N2O3. The largest absolute Gasteiger partial charge is 0.340 e. The number of ketones is 1. The summed E-state index contributed by atoms with van der Waals surface area (Å²) in [5.74, 6) is 0.372. The Labute approximate surface area is 120 Å². The maximum Gasteiger partial charge on any atom is 0.245 e. The van der Waals surface area contributed by atoms with E-state index < -0.39 is 0 Å². The van der Waals surface area contributed by atoms with E-state index in [1.165, 1.54) is 0 Å². The monoisotopic (exact) mass is 280 g/mol. The van der Waals surface area contributed by atoms with Gasteiger partial charge in [0.05, 0.1) is 0 Å². The smallest absolute Gasteiger partial charge is 0.245 e. The van der Waals surface area contributed by atoms with Crippen LogP contribution in [-0.4, -0.2) is 53.1 Å². The molecule has 0 bridgehead atoms. The topological polar surface area (TPSA) is 57.7 Å². The molecule has 0 radical (unpaired) electrons. The van der Waals surface area contributed by atoms with Gasteiger partial charge < -0.3 is 9.80 Å². The van der Waals surface area contributed by atoms with Gasteiger partial charge in [0.15, 0.2) is 0 Å². The van der Waals surface area contributed by atoms with Crippen LogP contribution in [0.3, 0.4) is 0 Å². The lowest BCUT2D eigenvalue weighted by atomic mass is 9.99. The molecule has 5 nitrogen and oxygen atoms in total. The molecule has 2 rings (SSSR count). The van der Waals surface area contributed by atoms with Crippen LogP contribution in [0.25, 0.3) is 0 Å². The Bertz CT molecular complexity index is 385. The first-order valence-corrected chi connectivity index (χ1v) is 7.73. The Morgan fingerprint density at radius 1 is 1.15 bits per heavy atom. The zero-order valence-corrected chi connectivity index (χ0v) is 12.3. The summed E-state index contributed by atoms with van der Waals surface area (Å²) in [4.78, 5) is 39.5. The van der Waals surface area contributed by atoms with E-state index in [-0.39, 0.29) is 23.6 Å². The molecule has 1 atom stereocenters. The van der Waals surface area contributed by atoms with Crippen LogP contribution in [0.15, 0.2) is 0 Å². The number of likely N-dealkylation sites (tertiary alicyclic amines) is 2. The van der Waals surface area contributed by atoms with Crippen LogP contribution in [-0.2, 0) is 14.4 Å². The van der Waals surface area contributed by atoms with E-state index in [0.717, 1.165) is 25.7 Å². The lowest BCUT2D eigenvalue weighted by molar-refractivity contribution is -0.149. The zero-order chi connectivity index (χ0) is 14.5. The number of amides is 2. The first-order chi connectivity index (χ1) is 9.63. The van der Waals surface area contributed by atoms with Crippen LogP contribution in [0, 0.1) is 0 Å². The standard InChI is InChI=1S/C15H24N2O3/c1-2-5-14(19)17-9-4-3-6-13(17)15(20)16-10-7-12(18)8-11-16/h13H,2-11H2,1H3. The zero-order valence-electron chi connectivity index (χ0n) is 12.3. The average Bonchev–Trinajstić information content (AvgIpc) is 2.47. The maximum atomic E-state index is 12.6. The van der Waals surface area contributed by atoms with Crippen molar-refractivity contribution in [2.45, 2.75) is 57.9 Å². The van der Waals surface area contributed by atoms with Crippen LogP contribution < -0.4 is 0 Å². The van der Waals surface area contributed by atoms with Gasteiger partial charge in [0.25, 0.3) is 0 Å². The first-order valence-electron chi connectivity index (χ1n) is 7.73. The van der Waals surface area contributed by atoms with Crippen LogP contribution in [0.2, 0.25) is 0 Å². The average molecular weight is 280 g/mol. The van der Waals surface area contributed by atoms with Gasteiger partial charge in [-0.25, -0.2) is 0 Å². The summed E-state index contributed by atoms with van der Waals surface area (Å²) in [7, 11) is 0. The number of carbonyl (C=O) groups is 3. The fraction of sp³-hybridized carbons (Fsp3) is 0.800. The summed E-state index contributed by atoms with van der Waals surface area (Å²) in [6, 6.07) is -0.295. The van der Waals surface area contributed by atoms with Crippen molar-refractivity contribution in [3.05, 3.63) is 0 Å². The first kappa shape index (κ1) is 15.0. The van der Waals surface area contributed by atoms with Crippen LogP contribution in [0.4, 0.5) is 0 Å². The van der Waals surface area contributed by atoms with Crippen molar-refractivity contribution in [2.24, 2.45) is 0 Å². The minimum absolute atomic E-state index is 0.0432. The fourth-order valence-electron chi connectivity index (χ4n) is 3.03. The van der Waals surface area contributed by atoms with E-state index >= 15 is 0 Å².